The van der Waals surface area contributed by atoms with Crippen LogP contribution >= 0.6 is 11.6 Å². The molecule has 0 unspecified atom stereocenters. The molecule has 1 aromatic carbocycles. The van der Waals surface area contributed by atoms with E-state index in [9.17, 15) is 4.79 Å². The average Bonchev–Trinajstić information content (AvgIpc) is 3.19. The summed E-state index contributed by atoms with van der Waals surface area (Å²) in [7, 11) is 0. The van der Waals surface area contributed by atoms with Crippen LogP contribution in [0, 0.1) is 13.8 Å². The van der Waals surface area contributed by atoms with Crippen molar-refractivity contribution in [2.75, 3.05) is 0 Å². The molecule has 0 radical (unpaired) electrons. The number of hydrogen-bond donors (Lipinski definition) is 1. The van der Waals surface area contributed by atoms with Crippen molar-refractivity contribution in [1.82, 2.24) is 10.5 Å². The van der Waals surface area contributed by atoms with Gasteiger partial charge in [0.05, 0.1) is 12.2 Å². The van der Waals surface area contributed by atoms with Crippen LogP contribution in [-0.4, -0.2) is 11.1 Å². The molecule has 5 nitrogen and oxygen atoms in total. The first-order valence-corrected chi connectivity index (χ1v) is 8.44. The van der Waals surface area contributed by atoms with Gasteiger partial charge in [0.25, 0.3) is 0 Å². The lowest BCUT2D eigenvalue weighted by molar-refractivity contribution is -0.121. The summed E-state index contributed by atoms with van der Waals surface area (Å²) in [6.45, 7) is 4.09. The number of amides is 1. The minimum Gasteiger partial charge on any atom is -0.459 e. The third-order valence-electron chi connectivity index (χ3n) is 4.03. The van der Waals surface area contributed by atoms with Crippen LogP contribution in [0.3, 0.4) is 0 Å². The molecule has 2 heterocycles. The molecule has 130 valence electrons. The van der Waals surface area contributed by atoms with Gasteiger partial charge in [-0.15, -0.1) is 0 Å². The van der Waals surface area contributed by atoms with Gasteiger partial charge >= 0.3 is 0 Å². The van der Waals surface area contributed by atoms with Gasteiger partial charge in [-0.05, 0) is 56.7 Å². The number of aryl methyl sites for hydroxylation is 2. The number of halogens is 1. The van der Waals surface area contributed by atoms with Crippen molar-refractivity contribution in [2.24, 2.45) is 0 Å². The lowest BCUT2D eigenvalue weighted by atomic mass is 10.1. The molecule has 0 bridgehead atoms. The molecule has 0 aliphatic carbocycles. The van der Waals surface area contributed by atoms with Crippen molar-refractivity contribution in [1.29, 1.82) is 0 Å². The van der Waals surface area contributed by atoms with E-state index in [2.05, 4.69) is 10.5 Å². The number of hydrogen-bond acceptors (Lipinski definition) is 4. The van der Waals surface area contributed by atoms with Gasteiger partial charge in [-0.1, -0.05) is 16.8 Å². The highest BCUT2D eigenvalue weighted by Crippen LogP contribution is 2.23. The minimum absolute atomic E-state index is 0.0376. The maximum Gasteiger partial charge on any atom is 0.220 e. The van der Waals surface area contributed by atoms with Gasteiger partial charge in [-0.2, -0.15) is 0 Å². The van der Waals surface area contributed by atoms with E-state index < -0.39 is 0 Å². The molecule has 3 rings (SSSR count). The molecular weight excluding hydrogens is 340 g/mol. The topological polar surface area (TPSA) is 68.3 Å². The lowest BCUT2D eigenvalue weighted by Gasteiger charge is -2.03. The van der Waals surface area contributed by atoms with Crippen LogP contribution in [-0.2, 0) is 17.8 Å². The number of carbonyl (C=O) groups excluding carboxylic acids is 1. The second kappa shape index (κ2) is 7.57. The van der Waals surface area contributed by atoms with Crippen LogP contribution in [0.4, 0.5) is 0 Å². The van der Waals surface area contributed by atoms with Crippen molar-refractivity contribution < 1.29 is 13.7 Å². The van der Waals surface area contributed by atoms with Crippen LogP contribution in [0.15, 0.2) is 45.3 Å². The molecule has 0 spiro atoms. The number of benzene rings is 1. The number of aromatic nitrogens is 1. The number of carbonyl (C=O) groups is 1. The minimum atomic E-state index is -0.0376. The molecule has 0 fully saturated rings. The number of furan rings is 1. The van der Waals surface area contributed by atoms with Crippen LogP contribution in [0.5, 0.6) is 0 Å². The first-order chi connectivity index (χ1) is 12.0. The lowest BCUT2D eigenvalue weighted by Crippen LogP contribution is -2.22. The summed E-state index contributed by atoms with van der Waals surface area (Å²) in [6, 6.07) is 11.2. The van der Waals surface area contributed by atoms with E-state index in [1.54, 1.807) is 0 Å². The largest absolute Gasteiger partial charge is 0.459 e. The van der Waals surface area contributed by atoms with Crippen molar-refractivity contribution >= 4 is 17.5 Å². The average molecular weight is 359 g/mol. The maximum absolute atomic E-state index is 12.0. The number of rotatable bonds is 6. The van der Waals surface area contributed by atoms with E-state index in [1.165, 1.54) is 0 Å². The molecule has 1 amide bonds. The van der Waals surface area contributed by atoms with Gasteiger partial charge in [-0.25, -0.2) is 0 Å². The molecule has 0 atom stereocenters. The summed E-state index contributed by atoms with van der Waals surface area (Å²) in [5.74, 6) is 2.18. The fourth-order valence-electron chi connectivity index (χ4n) is 2.61. The molecule has 0 aliphatic rings. The Hall–Kier alpha value is -2.53. The highest BCUT2D eigenvalue weighted by atomic mass is 35.5. The zero-order valence-electron chi connectivity index (χ0n) is 14.1. The quantitative estimate of drug-likeness (QED) is 0.706. The molecule has 2 aromatic heterocycles. The Labute approximate surface area is 151 Å². The van der Waals surface area contributed by atoms with E-state index in [0.717, 1.165) is 28.3 Å². The summed E-state index contributed by atoms with van der Waals surface area (Å²) >= 11 is 5.89. The van der Waals surface area contributed by atoms with E-state index in [0.29, 0.717) is 30.2 Å². The van der Waals surface area contributed by atoms with Gasteiger partial charge in [-0.3, -0.25) is 4.79 Å². The zero-order chi connectivity index (χ0) is 17.8. The molecule has 25 heavy (non-hydrogen) atoms. The maximum atomic E-state index is 12.0. The Balaban J connectivity index is 1.52. The van der Waals surface area contributed by atoms with E-state index in [1.807, 2.05) is 50.2 Å². The second-order valence-electron chi connectivity index (χ2n) is 5.85. The van der Waals surface area contributed by atoms with Gasteiger partial charge in [0.15, 0.2) is 0 Å². The fourth-order valence-corrected chi connectivity index (χ4v) is 2.74. The van der Waals surface area contributed by atoms with Gasteiger partial charge < -0.3 is 14.3 Å². The monoisotopic (exact) mass is 358 g/mol. The molecule has 6 heteroatoms. The van der Waals surface area contributed by atoms with E-state index in [-0.39, 0.29) is 5.91 Å². The van der Waals surface area contributed by atoms with E-state index in [4.69, 9.17) is 20.5 Å². The molecule has 1 N–H and O–H groups in total. The standard InChI is InChI=1S/C19H19ClN2O3/c1-12-17(13(2)25-22-12)8-10-19(23)21-11-16-7-9-18(24-16)14-3-5-15(20)6-4-14/h3-7,9H,8,10-11H2,1-2H3,(H,21,23). The van der Waals surface area contributed by atoms with Crippen molar-refractivity contribution in [3.63, 3.8) is 0 Å². The Morgan fingerprint density at radius 1 is 1.16 bits per heavy atom. The predicted molar refractivity (Wildman–Crippen MR) is 95.3 cm³/mol. The van der Waals surface area contributed by atoms with Crippen LogP contribution in [0.2, 0.25) is 5.02 Å². The summed E-state index contributed by atoms with van der Waals surface area (Å²) in [5, 5.41) is 7.45. The number of nitrogens with zero attached hydrogens (tertiary/aromatic N) is 1. The molecule has 0 aliphatic heterocycles. The van der Waals surface area contributed by atoms with Crippen LogP contribution < -0.4 is 5.32 Å². The van der Waals surface area contributed by atoms with Crippen molar-refractivity contribution in [3.8, 4) is 11.3 Å². The first kappa shape index (κ1) is 17.3. The van der Waals surface area contributed by atoms with Gasteiger partial charge in [0.1, 0.15) is 17.3 Å². The Kier molecular flexibility index (Phi) is 5.24. The normalized spacial score (nSPS) is 10.8. The Bertz CT molecular complexity index is 846. The smallest absolute Gasteiger partial charge is 0.220 e. The summed E-state index contributed by atoms with van der Waals surface area (Å²) in [6.07, 6.45) is 0.995. The predicted octanol–water partition coefficient (Wildman–Crippen LogP) is 4.45. The highest BCUT2D eigenvalue weighted by molar-refractivity contribution is 6.30. The summed E-state index contributed by atoms with van der Waals surface area (Å²) in [5.41, 5.74) is 2.78. The van der Waals surface area contributed by atoms with Crippen LogP contribution in [0.25, 0.3) is 11.3 Å². The Morgan fingerprint density at radius 2 is 1.92 bits per heavy atom. The van der Waals surface area contributed by atoms with Crippen molar-refractivity contribution in [3.05, 3.63) is 64.2 Å². The van der Waals surface area contributed by atoms with Crippen LogP contribution in [0.1, 0.15) is 29.2 Å². The van der Waals surface area contributed by atoms with Crippen molar-refractivity contribution in [2.45, 2.75) is 33.2 Å². The van der Waals surface area contributed by atoms with Gasteiger partial charge in [0.2, 0.25) is 5.91 Å². The third-order valence-corrected chi connectivity index (χ3v) is 4.29. The SMILES string of the molecule is Cc1noc(C)c1CCC(=O)NCc1ccc(-c2ccc(Cl)cc2)o1. The molecule has 0 saturated carbocycles. The van der Waals surface area contributed by atoms with Gasteiger partial charge in [0, 0.05) is 22.6 Å². The Morgan fingerprint density at radius 3 is 2.60 bits per heavy atom. The fraction of sp³-hybridized carbons (Fsp3) is 0.263. The zero-order valence-corrected chi connectivity index (χ0v) is 14.9. The molecule has 0 saturated heterocycles. The second-order valence-corrected chi connectivity index (χ2v) is 6.29. The summed E-state index contributed by atoms with van der Waals surface area (Å²) in [4.78, 5) is 12.0. The molecule has 3 aromatic rings. The third kappa shape index (κ3) is 4.31. The summed E-state index contributed by atoms with van der Waals surface area (Å²) < 4.78 is 10.9. The number of nitrogens with one attached hydrogen (secondary N) is 1. The van der Waals surface area contributed by atoms with E-state index >= 15 is 0 Å². The first-order valence-electron chi connectivity index (χ1n) is 8.06. The molecular formula is C19H19ClN2O3. The highest BCUT2D eigenvalue weighted by Gasteiger charge is 2.12.